The zero-order chi connectivity index (χ0) is 19.5. The van der Waals surface area contributed by atoms with Gasteiger partial charge in [-0.3, -0.25) is 14.5 Å². The number of ketones is 1. The van der Waals surface area contributed by atoms with Crippen molar-refractivity contribution in [3.63, 3.8) is 0 Å². The van der Waals surface area contributed by atoms with Crippen molar-refractivity contribution in [3.8, 4) is 0 Å². The maximum absolute atomic E-state index is 12.5. The molecule has 0 spiro atoms. The Morgan fingerprint density at radius 1 is 1.00 bits per heavy atom. The molecule has 0 amide bonds. The zero-order valence-electron chi connectivity index (χ0n) is 17.0. The predicted molar refractivity (Wildman–Crippen MR) is 108 cm³/mol. The average Bonchev–Trinajstić information content (AvgIpc) is 2.72. The number of unbranched alkanes of at least 4 members (excludes halogenated alkanes) is 4. The summed E-state index contributed by atoms with van der Waals surface area (Å²) in [5.74, 6) is 0.582. The van der Waals surface area contributed by atoms with Crippen LogP contribution in [0.1, 0.15) is 76.3 Å². The highest BCUT2D eigenvalue weighted by molar-refractivity contribution is 5.81. The van der Waals surface area contributed by atoms with Gasteiger partial charge in [-0.15, -0.1) is 0 Å². The van der Waals surface area contributed by atoms with Gasteiger partial charge >= 0.3 is 5.97 Å². The first-order valence-electron chi connectivity index (χ1n) is 10.5. The molecule has 0 aliphatic carbocycles. The summed E-state index contributed by atoms with van der Waals surface area (Å²) >= 11 is 0. The molecule has 150 valence electrons. The van der Waals surface area contributed by atoms with E-state index in [0.717, 1.165) is 64.5 Å². The van der Waals surface area contributed by atoms with Gasteiger partial charge in [0.1, 0.15) is 5.78 Å². The van der Waals surface area contributed by atoms with Crippen LogP contribution in [0.4, 0.5) is 0 Å². The first kappa shape index (κ1) is 21.6. The summed E-state index contributed by atoms with van der Waals surface area (Å²) in [4.78, 5) is 26.0. The molecule has 0 bridgehead atoms. The van der Waals surface area contributed by atoms with Gasteiger partial charge in [0.05, 0.1) is 7.11 Å². The Morgan fingerprint density at radius 3 is 2.22 bits per heavy atom. The Balaban J connectivity index is 1.58. The number of ether oxygens (including phenoxy) is 1. The molecule has 0 saturated carbocycles. The molecule has 4 nitrogen and oxygen atoms in total. The lowest BCUT2D eigenvalue weighted by atomic mass is 9.88. The normalized spacial score (nSPS) is 16.8. The average molecular weight is 374 g/mol. The van der Waals surface area contributed by atoms with Crippen LogP contribution >= 0.6 is 0 Å². The van der Waals surface area contributed by atoms with Gasteiger partial charge in [0.15, 0.2) is 0 Å². The van der Waals surface area contributed by atoms with Crippen LogP contribution in [0, 0.1) is 5.92 Å². The topological polar surface area (TPSA) is 46.6 Å². The molecule has 27 heavy (non-hydrogen) atoms. The number of hydrogen-bond donors (Lipinski definition) is 0. The molecule has 2 rings (SSSR count). The first-order valence-corrected chi connectivity index (χ1v) is 10.5. The van der Waals surface area contributed by atoms with Crippen LogP contribution in [0.2, 0.25) is 0 Å². The molecule has 1 aliphatic rings. The van der Waals surface area contributed by atoms with E-state index in [1.165, 1.54) is 12.7 Å². The number of carbonyl (C=O) groups excluding carboxylic acids is 2. The number of nitrogens with zero attached hydrogens (tertiary/aromatic N) is 1. The summed E-state index contributed by atoms with van der Waals surface area (Å²) in [6, 6.07) is 11.0. The van der Waals surface area contributed by atoms with E-state index in [-0.39, 0.29) is 11.9 Å². The zero-order valence-corrected chi connectivity index (χ0v) is 17.0. The van der Waals surface area contributed by atoms with Gasteiger partial charge in [-0.05, 0) is 51.3 Å². The van der Waals surface area contributed by atoms with Crippen molar-refractivity contribution in [2.24, 2.45) is 5.92 Å². The van der Waals surface area contributed by atoms with Gasteiger partial charge in [-0.25, -0.2) is 0 Å². The molecule has 0 radical (unpaired) electrons. The van der Waals surface area contributed by atoms with Crippen molar-refractivity contribution in [1.82, 2.24) is 4.90 Å². The molecule has 1 aromatic rings. The molecule has 0 aromatic heterocycles. The van der Waals surface area contributed by atoms with Crippen molar-refractivity contribution in [1.29, 1.82) is 0 Å². The highest BCUT2D eigenvalue weighted by Gasteiger charge is 2.27. The number of carbonyl (C=O) groups is 2. The molecule has 1 saturated heterocycles. The number of esters is 1. The van der Waals surface area contributed by atoms with E-state index < -0.39 is 0 Å². The van der Waals surface area contributed by atoms with Crippen LogP contribution in [-0.4, -0.2) is 36.9 Å². The second-order valence-electron chi connectivity index (χ2n) is 7.71. The highest BCUT2D eigenvalue weighted by Crippen LogP contribution is 2.27. The summed E-state index contributed by atoms with van der Waals surface area (Å²) < 4.78 is 4.64. The Bertz CT molecular complexity index is 564. The smallest absolute Gasteiger partial charge is 0.305 e. The van der Waals surface area contributed by atoms with E-state index >= 15 is 0 Å². The van der Waals surface area contributed by atoms with E-state index in [9.17, 15) is 9.59 Å². The summed E-state index contributed by atoms with van der Waals surface area (Å²) in [6.45, 7) is 4.29. The number of rotatable bonds is 11. The molecular weight excluding hydrogens is 338 g/mol. The van der Waals surface area contributed by atoms with Crippen molar-refractivity contribution < 1.29 is 14.3 Å². The Kier molecular flexibility index (Phi) is 9.54. The molecule has 1 heterocycles. The van der Waals surface area contributed by atoms with Crippen LogP contribution < -0.4 is 0 Å². The Labute approximate surface area is 164 Å². The van der Waals surface area contributed by atoms with Crippen molar-refractivity contribution >= 4 is 11.8 Å². The van der Waals surface area contributed by atoms with Crippen LogP contribution in [0.5, 0.6) is 0 Å². The number of likely N-dealkylation sites (tertiary alicyclic amines) is 1. The second-order valence-corrected chi connectivity index (χ2v) is 7.71. The maximum Gasteiger partial charge on any atom is 0.305 e. The lowest BCUT2D eigenvalue weighted by Gasteiger charge is -2.35. The minimum absolute atomic E-state index is 0.127. The molecule has 1 unspecified atom stereocenters. The Hall–Kier alpha value is -1.68. The quantitative estimate of drug-likeness (QED) is 0.407. The van der Waals surface area contributed by atoms with Crippen molar-refractivity contribution in [3.05, 3.63) is 35.9 Å². The van der Waals surface area contributed by atoms with E-state index in [1.807, 2.05) is 0 Å². The van der Waals surface area contributed by atoms with E-state index in [1.54, 1.807) is 0 Å². The number of piperidine rings is 1. The van der Waals surface area contributed by atoms with Gasteiger partial charge in [0, 0.05) is 24.8 Å². The second kappa shape index (κ2) is 11.9. The summed E-state index contributed by atoms with van der Waals surface area (Å²) in [7, 11) is 1.43. The number of benzene rings is 1. The molecule has 0 N–H and O–H groups in total. The monoisotopic (exact) mass is 373 g/mol. The van der Waals surface area contributed by atoms with E-state index in [0.29, 0.717) is 18.2 Å². The summed E-state index contributed by atoms with van der Waals surface area (Å²) in [6.07, 6.45) is 8.30. The van der Waals surface area contributed by atoms with Crippen molar-refractivity contribution in [2.75, 3.05) is 20.2 Å². The lowest BCUT2D eigenvalue weighted by Crippen LogP contribution is -2.37. The number of hydrogen-bond acceptors (Lipinski definition) is 4. The van der Waals surface area contributed by atoms with Gasteiger partial charge in [-0.1, -0.05) is 49.6 Å². The SMILES string of the molecule is COC(=O)CCCCCCCC(=O)C1CCN(C(C)c2ccccc2)CC1. The lowest BCUT2D eigenvalue weighted by molar-refractivity contribution is -0.140. The number of Topliss-reactive ketones (excluding diaryl/α,β-unsaturated/α-hetero) is 1. The van der Waals surface area contributed by atoms with E-state index in [2.05, 4.69) is 46.9 Å². The minimum atomic E-state index is -0.127. The largest absolute Gasteiger partial charge is 0.469 e. The Morgan fingerprint density at radius 2 is 1.59 bits per heavy atom. The van der Waals surface area contributed by atoms with Gasteiger partial charge in [0.2, 0.25) is 0 Å². The highest BCUT2D eigenvalue weighted by atomic mass is 16.5. The van der Waals surface area contributed by atoms with Gasteiger partial charge < -0.3 is 4.74 Å². The molecule has 4 heteroatoms. The van der Waals surface area contributed by atoms with Crippen LogP contribution in [-0.2, 0) is 14.3 Å². The van der Waals surface area contributed by atoms with Crippen LogP contribution in [0.25, 0.3) is 0 Å². The number of methoxy groups -OCH3 is 1. The van der Waals surface area contributed by atoms with Crippen molar-refractivity contribution in [2.45, 2.75) is 70.8 Å². The van der Waals surface area contributed by atoms with Gasteiger partial charge in [-0.2, -0.15) is 0 Å². The molecule has 1 fully saturated rings. The fourth-order valence-corrected chi connectivity index (χ4v) is 3.96. The first-order chi connectivity index (χ1) is 13.1. The third kappa shape index (κ3) is 7.45. The third-order valence-electron chi connectivity index (χ3n) is 5.85. The van der Waals surface area contributed by atoms with Gasteiger partial charge in [0.25, 0.3) is 0 Å². The standard InChI is InChI=1S/C23H35NO3/c1-19(20-11-7-6-8-12-20)24-17-15-21(16-18-24)22(25)13-9-4-3-5-10-14-23(26)27-2/h6-8,11-12,19,21H,3-5,9-10,13-18H2,1-2H3. The molecular formula is C23H35NO3. The van der Waals surface area contributed by atoms with E-state index in [4.69, 9.17) is 0 Å². The fraction of sp³-hybridized carbons (Fsp3) is 0.652. The molecule has 1 aliphatic heterocycles. The van der Waals surface area contributed by atoms with Crippen LogP contribution in [0.15, 0.2) is 30.3 Å². The minimum Gasteiger partial charge on any atom is -0.469 e. The summed E-state index contributed by atoms with van der Waals surface area (Å²) in [5, 5.41) is 0. The van der Waals surface area contributed by atoms with Crippen LogP contribution in [0.3, 0.4) is 0 Å². The third-order valence-corrected chi connectivity index (χ3v) is 5.85. The predicted octanol–water partition coefficient (Wildman–Crippen LogP) is 4.93. The maximum atomic E-state index is 12.5. The molecule has 1 aromatic carbocycles. The molecule has 1 atom stereocenters. The summed E-state index contributed by atoms with van der Waals surface area (Å²) in [5.41, 5.74) is 1.36. The fourth-order valence-electron chi connectivity index (χ4n) is 3.96.